The van der Waals surface area contributed by atoms with Crippen LogP contribution < -0.4 is 0 Å². The summed E-state index contributed by atoms with van der Waals surface area (Å²) < 4.78 is 35.6. The highest BCUT2D eigenvalue weighted by Crippen LogP contribution is 2.29. The van der Waals surface area contributed by atoms with Gasteiger partial charge in [0.25, 0.3) is 10.1 Å². The predicted octanol–water partition coefficient (Wildman–Crippen LogP) is 3.35. The van der Waals surface area contributed by atoms with E-state index in [1.54, 1.807) is 18.2 Å². The van der Waals surface area contributed by atoms with E-state index in [1.165, 1.54) is 12.1 Å². The summed E-state index contributed by atoms with van der Waals surface area (Å²) in [6.07, 6.45) is 1.96. The highest BCUT2D eigenvalue weighted by molar-refractivity contribution is 7.86. The Kier molecular flexibility index (Phi) is 7.11. The standard InChI is InChI=1S/C20H24O5S/c1-3-17-9-11-19(12-10-17)26(22,23)25-15-13-20(2,24-16-14-21)18-7-5-4-6-8-18/h3-12,21H,1,13-16H2,2H3. The average molecular weight is 376 g/mol. The first-order valence-electron chi connectivity index (χ1n) is 8.33. The molecule has 2 rings (SSSR count). The molecule has 0 aliphatic heterocycles. The number of hydrogen-bond acceptors (Lipinski definition) is 5. The van der Waals surface area contributed by atoms with Crippen LogP contribution in [0.4, 0.5) is 0 Å². The van der Waals surface area contributed by atoms with Crippen molar-refractivity contribution in [2.24, 2.45) is 0 Å². The Morgan fingerprint density at radius 3 is 2.31 bits per heavy atom. The van der Waals surface area contributed by atoms with E-state index < -0.39 is 15.7 Å². The molecule has 0 fully saturated rings. The van der Waals surface area contributed by atoms with Gasteiger partial charge in [-0.3, -0.25) is 4.18 Å². The maximum atomic E-state index is 12.3. The van der Waals surface area contributed by atoms with Crippen molar-refractivity contribution in [1.29, 1.82) is 0 Å². The quantitative estimate of drug-likeness (QED) is 0.644. The molecule has 0 aliphatic carbocycles. The van der Waals surface area contributed by atoms with E-state index in [0.717, 1.165) is 11.1 Å². The predicted molar refractivity (Wildman–Crippen MR) is 101 cm³/mol. The van der Waals surface area contributed by atoms with Crippen LogP contribution in [0.2, 0.25) is 0 Å². The van der Waals surface area contributed by atoms with Crippen molar-refractivity contribution in [3.8, 4) is 0 Å². The first kappa shape index (κ1) is 20.3. The second-order valence-corrected chi connectivity index (χ2v) is 7.58. The molecule has 0 heterocycles. The zero-order valence-electron chi connectivity index (χ0n) is 14.8. The Morgan fingerprint density at radius 2 is 1.73 bits per heavy atom. The van der Waals surface area contributed by atoms with Crippen molar-refractivity contribution in [3.05, 3.63) is 72.3 Å². The molecule has 2 aromatic carbocycles. The molecule has 0 spiro atoms. The van der Waals surface area contributed by atoms with Crippen LogP contribution in [0, 0.1) is 0 Å². The fourth-order valence-electron chi connectivity index (χ4n) is 2.55. The molecule has 0 saturated carbocycles. The van der Waals surface area contributed by atoms with Crippen LogP contribution in [0.15, 0.2) is 66.1 Å². The lowest BCUT2D eigenvalue weighted by Gasteiger charge is -2.30. The third-order valence-electron chi connectivity index (χ3n) is 4.12. The summed E-state index contributed by atoms with van der Waals surface area (Å²) in [7, 11) is -3.85. The minimum Gasteiger partial charge on any atom is -0.394 e. The van der Waals surface area contributed by atoms with Crippen molar-refractivity contribution in [1.82, 2.24) is 0 Å². The van der Waals surface area contributed by atoms with Crippen LogP contribution in [0.1, 0.15) is 24.5 Å². The van der Waals surface area contributed by atoms with E-state index in [4.69, 9.17) is 14.0 Å². The van der Waals surface area contributed by atoms with Gasteiger partial charge in [0.15, 0.2) is 0 Å². The van der Waals surface area contributed by atoms with Gasteiger partial charge < -0.3 is 9.84 Å². The van der Waals surface area contributed by atoms with Crippen molar-refractivity contribution < 1.29 is 22.4 Å². The second-order valence-electron chi connectivity index (χ2n) is 5.97. The highest BCUT2D eigenvalue weighted by atomic mass is 32.2. The van der Waals surface area contributed by atoms with E-state index in [9.17, 15) is 8.42 Å². The fraction of sp³-hybridized carbons (Fsp3) is 0.300. The minimum atomic E-state index is -3.85. The number of aliphatic hydroxyl groups excluding tert-OH is 1. The zero-order valence-corrected chi connectivity index (χ0v) is 15.6. The fourth-order valence-corrected chi connectivity index (χ4v) is 3.45. The molecule has 5 nitrogen and oxygen atoms in total. The molecule has 0 bridgehead atoms. The van der Waals surface area contributed by atoms with Crippen molar-refractivity contribution in [2.75, 3.05) is 19.8 Å². The third-order valence-corrected chi connectivity index (χ3v) is 5.44. The number of rotatable bonds is 10. The largest absolute Gasteiger partial charge is 0.394 e. The van der Waals surface area contributed by atoms with E-state index in [2.05, 4.69) is 6.58 Å². The van der Waals surface area contributed by atoms with Crippen molar-refractivity contribution in [3.63, 3.8) is 0 Å². The van der Waals surface area contributed by atoms with Crippen molar-refractivity contribution in [2.45, 2.75) is 23.8 Å². The van der Waals surface area contributed by atoms with Crippen LogP contribution in [-0.2, 0) is 24.6 Å². The maximum Gasteiger partial charge on any atom is 0.296 e. The number of aliphatic hydroxyl groups is 1. The minimum absolute atomic E-state index is 0.0393. The van der Waals surface area contributed by atoms with Crippen LogP contribution in [0.5, 0.6) is 0 Å². The third kappa shape index (κ3) is 5.25. The Labute approximate surface area is 155 Å². The highest BCUT2D eigenvalue weighted by Gasteiger charge is 2.28. The van der Waals surface area contributed by atoms with Crippen molar-refractivity contribution >= 4 is 16.2 Å². The van der Waals surface area contributed by atoms with E-state index >= 15 is 0 Å². The molecule has 6 heteroatoms. The second kappa shape index (κ2) is 9.09. The van der Waals surface area contributed by atoms with Gasteiger partial charge in [-0.25, -0.2) is 0 Å². The van der Waals surface area contributed by atoms with Crippen LogP contribution in [-0.4, -0.2) is 33.3 Å². The van der Waals surface area contributed by atoms with Gasteiger partial charge >= 0.3 is 0 Å². The Bertz CT molecular complexity index is 800. The Hall–Kier alpha value is -1.99. The van der Waals surface area contributed by atoms with Crippen LogP contribution in [0.3, 0.4) is 0 Å². The summed E-state index contributed by atoms with van der Waals surface area (Å²) in [5, 5.41) is 9.06. The number of benzene rings is 2. The van der Waals surface area contributed by atoms with Gasteiger partial charge in [-0.05, 0) is 30.2 Å². The monoisotopic (exact) mass is 376 g/mol. The lowest BCUT2D eigenvalue weighted by atomic mass is 9.92. The Morgan fingerprint density at radius 1 is 1.08 bits per heavy atom. The summed E-state index contributed by atoms with van der Waals surface area (Å²) in [5.41, 5.74) is 0.967. The molecule has 1 unspecified atom stereocenters. The molecule has 1 N–H and O–H groups in total. The topological polar surface area (TPSA) is 72.8 Å². The maximum absolute atomic E-state index is 12.3. The van der Waals surface area contributed by atoms with E-state index in [1.807, 2.05) is 37.3 Å². The molecule has 1 atom stereocenters. The smallest absolute Gasteiger partial charge is 0.296 e. The first-order valence-corrected chi connectivity index (χ1v) is 9.74. The normalized spacial score (nSPS) is 13.9. The van der Waals surface area contributed by atoms with Gasteiger partial charge in [-0.15, -0.1) is 0 Å². The van der Waals surface area contributed by atoms with Crippen LogP contribution in [0.25, 0.3) is 6.08 Å². The number of ether oxygens (including phenoxy) is 1. The van der Waals surface area contributed by atoms with Gasteiger partial charge in [0.2, 0.25) is 0 Å². The van der Waals surface area contributed by atoms with Crippen LogP contribution >= 0.6 is 0 Å². The first-order chi connectivity index (χ1) is 12.4. The molecule has 2 aromatic rings. The molecule has 140 valence electrons. The SMILES string of the molecule is C=Cc1ccc(S(=O)(=O)OCCC(C)(OCCO)c2ccccc2)cc1. The van der Waals surface area contributed by atoms with Gasteiger partial charge in [-0.2, -0.15) is 8.42 Å². The lowest BCUT2D eigenvalue weighted by molar-refractivity contribution is -0.0615. The molecule has 0 amide bonds. The Balaban J connectivity index is 2.07. The lowest BCUT2D eigenvalue weighted by Crippen LogP contribution is -2.29. The summed E-state index contributed by atoms with van der Waals surface area (Å²) in [4.78, 5) is 0.0980. The molecule has 26 heavy (non-hydrogen) atoms. The molecular formula is C20H24O5S. The summed E-state index contributed by atoms with van der Waals surface area (Å²) in [5.74, 6) is 0. The molecule has 0 saturated heterocycles. The molecule has 0 aromatic heterocycles. The average Bonchev–Trinajstić information content (AvgIpc) is 2.67. The van der Waals surface area contributed by atoms with Gasteiger partial charge in [0, 0.05) is 6.42 Å². The molecular weight excluding hydrogens is 352 g/mol. The van der Waals surface area contributed by atoms with Gasteiger partial charge in [-0.1, -0.05) is 55.1 Å². The zero-order chi connectivity index (χ0) is 19.0. The molecule has 0 aliphatic rings. The molecule has 0 radical (unpaired) electrons. The van der Waals surface area contributed by atoms with Gasteiger partial charge in [0.05, 0.1) is 30.3 Å². The summed E-state index contributed by atoms with van der Waals surface area (Å²) >= 11 is 0. The van der Waals surface area contributed by atoms with Gasteiger partial charge in [0.1, 0.15) is 0 Å². The summed E-state index contributed by atoms with van der Waals surface area (Å²) in [6.45, 7) is 5.50. The van der Waals surface area contributed by atoms with E-state index in [0.29, 0.717) is 6.42 Å². The summed E-state index contributed by atoms with van der Waals surface area (Å²) in [6, 6.07) is 15.8. The van der Waals surface area contributed by atoms with E-state index in [-0.39, 0.29) is 24.7 Å². The number of hydrogen-bond donors (Lipinski definition) is 1.